The lowest BCUT2D eigenvalue weighted by molar-refractivity contribution is -0.133. The Kier molecular flexibility index (Phi) is 8.15. The van der Waals surface area contributed by atoms with Crippen LogP contribution in [0.2, 0.25) is 5.02 Å². The Morgan fingerprint density at radius 2 is 1.54 bits per heavy atom. The Hall–Kier alpha value is -2.01. The number of halogens is 1. The van der Waals surface area contributed by atoms with E-state index in [9.17, 15) is 14.4 Å². The molecule has 1 rings (SSSR count). The summed E-state index contributed by atoms with van der Waals surface area (Å²) in [4.78, 5) is 41.1. The van der Waals surface area contributed by atoms with Crippen molar-refractivity contribution in [2.24, 2.45) is 22.7 Å². The molecule has 0 aliphatic heterocycles. The van der Waals surface area contributed by atoms with Gasteiger partial charge in [0.2, 0.25) is 0 Å². The molecule has 5 nitrogen and oxygen atoms in total. The topological polar surface area (TPSA) is 72.8 Å². The van der Waals surface area contributed by atoms with Crippen LogP contribution in [0.1, 0.15) is 51.9 Å². The lowest BCUT2D eigenvalue weighted by Crippen LogP contribution is -2.31. The molecule has 0 fully saturated rings. The smallest absolute Gasteiger partial charge is 0.339 e. The van der Waals surface area contributed by atoms with Gasteiger partial charge in [-0.15, -0.1) is 0 Å². The second kappa shape index (κ2) is 9.62. The molecule has 0 spiro atoms. The van der Waals surface area contributed by atoms with Crippen molar-refractivity contribution in [3.05, 3.63) is 28.8 Å². The van der Waals surface area contributed by atoms with Gasteiger partial charge in [0.25, 0.3) is 0 Å². The van der Waals surface area contributed by atoms with E-state index in [0.29, 0.717) is 5.69 Å². The van der Waals surface area contributed by atoms with Gasteiger partial charge in [0.05, 0.1) is 22.4 Å². The minimum Gasteiger partial charge on any atom is -0.459 e. The van der Waals surface area contributed by atoms with Crippen LogP contribution in [0.4, 0.5) is 5.69 Å². The van der Waals surface area contributed by atoms with E-state index in [1.165, 1.54) is 6.21 Å². The largest absolute Gasteiger partial charge is 0.459 e. The van der Waals surface area contributed by atoms with Crippen LogP contribution in [-0.2, 0) is 14.3 Å². The molecular formula is C20H26ClNO4. The van der Waals surface area contributed by atoms with Crippen LogP contribution in [0.15, 0.2) is 23.2 Å². The van der Waals surface area contributed by atoms with E-state index in [0.717, 1.165) is 0 Å². The normalized spacial score (nSPS) is 11.8. The summed E-state index contributed by atoms with van der Waals surface area (Å²) in [6.07, 6.45) is 1.05. The first-order valence-corrected chi connectivity index (χ1v) is 9.05. The van der Waals surface area contributed by atoms with Crippen molar-refractivity contribution in [3.63, 3.8) is 0 Å². The standard InChI is InChI=1S/C20H26ClNO4/c1-11(2)18(23)15(19(24)12(3)4)10-22-16-9-7-8-14(17(16)21)20(25)26-13(5)6/h7-13,15H,1-6H3. The van der Waals surface area contributed by atoms with Crippen molar-refractivity contribution in [1.29, 1.82) is 0 Å². The van der Waals surface area contributed by atoms with Crippen LogP contribution >= 0.6 is 11.6 Å². The number of Topliss-reactive ketones (excluding diaryl/α,β-unsaturated/α-hetero) is 2. The van der Waals surface area contributed by atoms with E-state index in [-0.39, 0.29) is 40.1 Å². The number of carbonyl (C=O) groups excluding carboxylic acids is 3. The molecule has 0 radical (unpaired) electrons. The van der Waals surface area contributed by atoms with Gasteiger partial charge in [0.1, 0.15) is 5.92 Å². The number of carbonyl (C=O) groups is 3. The van der Waals surface area contributed by atoms with Gasteiger partial charge in [-0.2, -0.15) is 0 Å². The number of ether oxygens (including phenoxy) is 1. The van der Waals surface area contributed by atoms with E-state index in [4.69, 9.17) is 16.3 Å². The highest BCUT2D eigenvalue weighted by Crippen LogP contribution is 2.29. The molecule has 0 aliphatic carbocycles. The molecule has 0 bridgehead atoms. The summed E-state index contributed by atoms with van der Waals surface area (Å²) in [6.45, 7) is 10.5. The fourth-order valence-corrected chi connectivity index (χ4v) is 2.47. The van der Waals surface area contributed by atoms with Crippen molar-refractivity contribution in [3.8, 4) is 0 Å². The Bertz CT molecular complexity index is 688. The van der Waals surface area contributed by atoms with Gasteiger partial charge in [-0.05, 0) is 26.0 Å². The van der Waals surface area contributed by atoms with Crippen LogP contribution in [0.5, 0.6) is 0 Å². The number of rotatable bonds is 8. The monoisotopic (exact) mass is 379 g/mol. The number of aliphatic imine (C=N–C) groups is 1. The Morgan fingerprint density at radius 3 is 2.00 bits per heavy atom. The van der Waals surface area contributed by atoms with Gasteiger partial charge in [0.15, 0.2) is 11.6 Å². The third-order valence-electron chi connectivity index (χ3n) is 3.65. The molecule has 0 N–H and O–H groups in total. The van der Waals surface area contributed by atoms with Gasteiger partial charge in [-0.1, -0.05) is 45.4 Å². The zero-order valence-electron chi connectivity index (χ0n) is 16.1. The summed E-state index contributed by atoms with van der Waals surface area (Å²) in [5, 5.41) is 0.127. The quantitative estimate of drug-likeness (QED) is 0.373. The van der Waals surface area contributed by atoms with E-state index in [2.05, 4.69) is 4.99 Å². The molecule has 0 saturated heterocycles. The second-order valence-electron chi connectivity index (χ2n) is 6.96. The maximum Gasteiger partial charge on any atom is 0.339 e. The number of hydrogen-bond donors (Lipinski definition) is 0. The Labute approximate surface area is 159 Å². The van der Waals surface area contributed by atoms with Crippen molar-refractivity contribution >= 4 is 41.0 Å². The first kappa shape index (κ1) is 22.0. The van der Waals surface area contributed by atoms with Crippen LogP contribution < -0.4 is 0 Å². The summed E-state index contributed by atoms with van der Waals surface area (Å²) < 4.78 is 5.15. The van der Waals surface area contributed by atoms with Crippen molar-refractivity contribution in [2.75, 3.05) is 0 Å². The number of esters is 1. The molecular weight excluding hydrogens is 354 g/mol. The number of benzene rings is 1. The lowest BCUT2D eigenvalue weighted by atomic mass is 9.87. The van der Waals surface area contributed by atoms with E-state index >= 15 is 0 Å². The van der Waals surface area contributed by atoms with Gasteiger partial charge in [-0.3, -0.25) is 14.6 Å². The van der Waals surface area contributed by atoms with Gasteiger partial charge in [-0.25, -0.2) is 4.79 Å². The predicted octanol–water partition coefficient (Wildman–Crippen LogP) is 4.67. The molecule has 142 valence electrons. The highest BCUT2D eigenvalue weighted by Gasteiger charge is 2.28. The first-order chi connectivity index (χ1) is 12.1. The minimum atomic E-state index is -0.933. The van der Waals surface area contributed by atoms with E-state index < -0.39 is 11.9 Å². The third kappa shape index (κ3) is 5.77. The van der Waals surface area contributed by atoms with Gasteiger partial charge < -0.3 is 4.74 Å². The van der Waals surface area contributed by atoms with E-state index in [1.54, 1.807) is 59.7 Å². The molecule has 1 aromatic rings. The van der Waals surface area contributed by atoms with Crippen LogP contribution in [0.25, 0.3) is 0 Å². The molecule has 0 aliphatic rings. The molecule has 0 unspecified atom stereocenters. The summed E-state index contributed by atoms with van der Waals surface area (Å²) in [7, 11) is 0. The molecule has 0 aromatic heterocycles. The zero-order chi connectivity index (χ0) is 20.0. The summed E-state index contributed by atoms with van der Waals surface area (Å²) in [6, 6.07) is 4.78. The minimum absolute atomic E-state index is 0.127. The van der Waals surface area contributed by atoms with Crippen molar-refractivity contribution < 1.29 is 19.1 Å². The molecule has 26 heavy (non-hydrogen) atoms. The first-order valence-electron chi connectivity index (χ1n) is 8.67. The van der Waals surface area contributed by atoms with Crippen molar-refractivity contribution in [2.45, 2.75) is 47.6 Å². The predicted molar refractivity (Wildman–Crippen MR) is 103 cm³/mol. The zero-order valence-corrected chi connectivity index (χ0v) is 16.8. The van der Waals surface area contributed by atoms with E-state index in [1.807, 2.05) is 0 Å². The fraction of sp³-hybridized carbons (Fsp3) is 0.500. The Morgan fingerprint density at radius 1 is 1.00 bits per heavy atom. The number of ketones is 2. The van der Waals surface area contributed by atoms with Gasteiger partial charge >= 0.3 is 5.97 Å². The molecule has 6 heteroatoms. The van der Waals surface area contributed by atoms with Crippen LogP contribution in [0, 0.1) is 17.8 Å². The molecule has 0 amide bonds. The van der Waals surface area contributed by atoms with Crippen molar-refractivity contribution in [1.82, 2.24) is 0 Å². The Balaban J connectivity index is 3.20. The summed E-state index contributed by atoms with van der Waals surface area (Å²) in [5.41, 5.74) is 0.500. The lowest BCUT2D eigenvalue weighted by Gasteiger charge is -2.15. The highest BCUT2D eigenvalue weighted by molar-refractivity contribution is 6.36. The second-order valence-corrected chi connectivity index (χ2v) is 7.34. The molecule has 0 saturated carbocycles. The average molecular weight is 380 g/mol. The molecule has 0 atom stereocenters. The molecule has 1 aromatic carbocycles. The maximum absolute atomic E-state index is 12.4. The third-order valence-corrected chi connectivity index (χ3v) is 4.05. The summed E-state index contributed by atoms with van der Waals surface area (Å²) in [5.74, 6) is -2.46. The number of hydrogen-bond acceptors (Lipinski definition) is 5. The maximum atomic E-state index is 12.4. The van der Waals surface area contributed by atoms with Gasteiger partial charge in [0, 0.05) is 18.1 Å². The average Bonchev–Trinajstić information content (AvgIpc) is 2.54. The molecule has 0 heterocycles. The van der Waals surface area contributed by atoms with Crippen LogP contribution in [0.3, 0.4) is 0 Å². The fourth-order valence-electron chi connectivity index (χ4n) is 2.21. The SMILES string of the molecule is CC(C)OC(=O)c1cccc(N=CC(C(=O)C(C)C)C(=O)C(C)C)c1Cl. The summed E-state index contributed by atoms with van der Waals surface area (Å²) >= 11 is 6.27. The number of nitrogens with zero attached hydrogens (tertiary/aromatic N) is 1. The highest BCUT2D eigenvalue weighted by atomic mass is 35.5. The van der Waals surface area contributed by atoms with Crippen LogP contribution in [-0.4, -0.2) is 29.9 Å².